The molecule has 0 radical (unpaired) electrons. The Morgan fingerprint density at radius 3 is 2.96 bits per heavy atom. The second-order valence-corrected chi connectivity index (χ2v) is 6.64. The third-order valence-electron chi connectivity index (χ3n) is 3.75. The van der Waals surface area contributed by atoms with Crippen LogP contribution < -0.4 is 5.32 Å². The smallest absolute Gasteiger partial charge is 0.274 e. The lowest BCUT2D eigenvalue weighted by Gasteiger charge is -2.08. The first kappa shape index (κ1) is 19.2. The number of carbonyl (C=O) groups is 1. The van der Waals surface area contributed by atoms with Crippen molar-refractivity contribution in [1.82, 2.24) is 14.5 Å². The fourth-order valence-corrected chi connectivity index (χ4v) is 3.11. The summed E-state index contributed by atoms with van der Waals surface area (Å²) in [7, 11) is 0. The van der Waals surface area contributed by atoms with Gasteiger partial charge < -0.3 is 9.30 Å². The fourth-order valence-electron chi connectivity index (χ4n) is 2.44. The molecular weight excluding hydrogens is 374 g/mol. The Morgan fingerprint density at radius 1 is 1.36 bits per heavy atom. The van der Waals surface area contributed by atoms with E-state index in [-0.39, 0.29) is 5.91 Å². The van der Waals surface area contributed by atoms with Crippen LogP contribution in [0.25, 0.3) is 6.08 Å². The molecule has 7 nitrogen and oxygen atoms in total. The second kappa shape index (κ2) is 9.43. The molecule has 0 aliphatic carbocycles. The molecule has 0 bridgehead atoms. The highest BCUT2D eigenvalue weighted by molar-refractivity contribution is 7.14. The molecule has 2 N–H and O–H groups in total. The lowest BCUT2D eigenvalue weighted by molar-refractivity contribution is 0.101. The van der Waals surface area contributed by atoms with Gasteiger partial charge in [0.15, 0.2) is 11.5 Å². The third kappa shape index (κ3) is 5.24. The molecule has 1 amide bonds. The van der Waals surface area contributed by atoms with Crippen LogP contribution in [0.5, 0.6) is 0 Å². The van der Waals surface area contributed by atoms with E-state index in [2.05, 4.69) is 15.3 Å². The number of ether oxygens (including phenoxy) is 1. The van der Waals surface area contributed by atoms with Gasteiger partial charge in [0.25, 0.3) is 5.91 Å². The fraction of sp³-hybridized carbons (Fsp3) is 0.100. The Balaban J connectivity index is 1.64. The summed E-state index contributed by atoms with van der Waals surface area (Å²) in [5.41, 5.74) is 2.36. The summed E-state index contributed by atoms with van der Waals surface area (Å²) in [5, 5.41) is 12.1. The second-order valence-electron chi connectivity index (χ2n) is 5.78. The van der Waals surface area contributed by atoms with Crippen molar-refractivity contribution >= 4 is 34.9 Å². The lowest BCUT2D eigenvalue weighted by atomic mass is 10.2. The van der Waals surface area contributed by atoms with E-state index < -0.39 is 0 Å². The maximum atomic E-state index is 12.6. The molecule has 0 fully saturated rings. The SMILES string of the molecule is C/C(=C\C=C\c1csc(NC(=O)c2cccn2Cc2ccncc2)n1)OC=N. The normalized spacial score (nSPS) is 11.5. The summed E-state index contributed by atoms with van der Waals surface area (Å²) in [6, 6.07) is 7.47. The first-order valence-corrected chi connectivity index (χ1v) is 9.35. The zero-order chi connectivity index (χ0) is 19.8. The molecule has 28 heavy (non-hydrogen) atoms. The van der Waals surface area contributed by atoms with E-state index in [1.54, 1.807) is 43.6 Å². The number of allylic oxidation sites excluding steroid dienone is 3. The molecule has 3 aromatic heterocycles. The van der Waals surface area contributed by atoms with Crippen LogP contribution in [0, 0.1) is 5.41 Å². The van der Waals surface area contributed by atoms with Gasteiger partial charge in [-0.05, 0) is 48.9 Å². The average Bonchev–Trinajstić information content (AvgIpc) is 3.32. The van der Waals surface area contributed by atoms with Crippen LogP contribution in [-0.2, 0) is 11.3 Å². The van der Waals surface area contributed by atoms with Crippen molar-refractivity contribution in [3.8, 4) is 0 Å². The summed E-state index contributed by atoms with van der Waals surface area (Å²) >= 11 is 1.35. The molecule has 0 atom stereocenters. The number of pyridine rings is 1. The molecular formula is C20H19N5O2S. The van der Waals surface area contributed by atoms with Crippen molar-refractivity contribution in [1.29, 1.82) is 5.41 Å². The Kier molecular flexibility index (Phi) is 6.48. The minimum absolute atomic E-state index is 0.209. The van der Waals surface area contributed by atoms with E-state index in [4.69, 9.17) is 10.1 Å². The topological polar surface area (TPSA) is 92.9 Å². The van der Waals surface area contributed by atoms with E-state index in [0.717, 1.165) is 17.7 Å². The van der Waals surface area contributed by atoms with Crippen LogP contribution in [0.3, 0.4) is 0 Å². The Hall–Kier alpha value is -3.52. The van der Waals surface area contributed by atoms with Crippen molar-refractivity contribution in [3.05, 3.63) is 83.1 Å². The van der Waals surface area contributed by atoms with E-state index in [9.17, 15) is 4.79 Å². The Labute approximate surface area is 166 Å². The van der Waals surface area contributed by atoms with Crippen LogP contribution in [-0.4, -0.2) is 26.8 Å². The molecule has 3 heterocycles. The number of aromatic nitrogens is 3. The number of nitrogens with zero attached hydrogens (tertiary/aromatic N) is 3. The van der Waals surface area contributed by atoms with E-state index in [1.165, 1.54) is 11.3 Å². The van der Waals surface area contributed by atoms with Gasteiger partial charge in [-0.2, -0.15) is 0 Å². The third-order valence-corrected chi connectivity index (χ3v) is 4.53. The Bertz CT molecular complexity index is 1000. The summed E-state index contributed by atoms with van der Waals surface area (Å²) in [5.74, 6) is 0.393. The van der Waals surface area contributed by atoms with Crippen molar-refractivity contribution in [2.75, 3.05) is 5.32 Å². The average molecular weight is 393 g/mol. The maximum Gasteiger partial charge on any atom is 0.274 e. The summed E-state index contributed by atoms with van der Waals surface area (Å²) in [4.78, 5) is 21.0. The predicted octanol–water partition coefficient (Wildman–Crippen LogP) is 4.18. The van der Waals surface area contributed by atoms with Crippen molar-refractivity contribution < 1.29 is 9.53 Å². The zero-order valence-electron chi connectivity index (χ0n) is 15.2. The van der Waals surface area contributed by atoms with Gasteiger partial charge >= 0.3 is 0 Å². The number of nitrogens with one attached hydrogen (secondary N) is 2. The van der Waals surface area contributed by atoms with Gasteiger partial charge in [-0.25, -0.2) is 4.98 Å². The number of anilines is 1. The minimum Gasteiger partial charge on any atom is -0.451 e. The highest BCUT2D eigenvalue weighted by Gasteiger charge is 2.13. The number of thiazole rings is 1. The highest BCUT2D eigenvalue weighted by Crippen LogP contribution is 2.18. The van der Waals surface area contributed by atoms with Crippen LogP contribution in [0.4, 0.5) is 5.13 Å². The first-order valence-electron chi connectivity index (χ1n) is 8.47. The van der Waals surface area contributed by atoms with Gasteiger partial charge in [0.2, 0.25) is 0 Å². The van der Waals surface area contributed by atoms with Gasteiger partial charge in [0.1, 0.15) is 11.5 Å². The van der Waals surface area contributed by atoms with E-state index in [0.29, 0.717) is 23.1 Å². The molecule has 0 unspecified atom stereocenters. The molecule has 3 rings (SSSR count). The van der Waals surface area contributed by atoms with Gasteiger partial charge in [-0.3, -0.25) is 20.5 Å². The van der Waals surface area contributed by atoms with Crippen LogP contribution in [0.15, 0.2) is 66.1 Å². The van der Waals surface area contributed by atoms with Crippen LogP contribution in [0.1, 0.15) is 28.7 Å². The first-order chi connectivity index (χ1) is 13.7. The predicted molar refractivity (Wildman–Crippen MR) is 110 cm³/mol. The maximum absolute atomic E-state index is 12.6. The lowest BCUT2D eigenvalue weighted by Crippen LogP contribution is -2.17. The number of amides is 1. The number of hydrogen-bond donors (Lipinski definition) is 2. The summed E-state index contributed by atoms with van der Waals surface area (Å²) in [6.45, 7) is 2.34. The van der Waals surface area contributed by atoms with Crippen molar-refractivity contribution in [2.24, 2.45) is 0 Å². The Morgan fingerprint density at radius 2 is 2.18 bits per heavy atom. The molecule has 0 saturated carbocycles. The molecule has 142 valence electrons. The molecule has 3 aromatic rings. The molecule has 0 spiro atoms. The van der Waals surface area contributed by atoms with Gasteiger partial charge in [-0.1, -0.05) is 6.08 Å². The monoisotopic (exact) mass is 393 g/mol. The number of hydrogen-bond acceptors (Lipinski definition) is 6. The summed E-state index contributed by atoms with van der Waals surface area (Å²) in [6.07, 6.45) is 11.5. The standard InChI is InChI=1S/C20H19N5O2S/c1-15(27-14-21)4-2-5-17-13-28-20(23-17)24-19(26)18-6-3-11-25(18)12-16-7-9-22-10-8-16/h2-11,13-14,21H,12H2,1H3,(H,23,24,26)/b5-2+,15-4+,21-14?. The van der Waals surface area contributed by atoms with Crippen molar-refractivity contribution in [2.45, 2.75) is 13.5 Å². The minimum atomic E-state index is -0.209. The van der Waals surface area contributed by atoms with E-state index >= 15 is 0 Å². The quantitative estimate of drug-likeness (QED) is 0.260. The molecule has 0 aliphatic heterocycles. The van der Waals surface area contributed by atoms with Crippen molar-refractivity contribution in [3.63, 3.8) is 0 Å². The summed E-state index contributed by atoms with van der Waals surface area (Å²) < 4.78 is 6.79. The molecule has 8 heteroatoms. The number of carbonyl (C=O) groups excluding carboxylic acids is 1. The molecule has 0 aromatic carbocycles. The molecule has 0 saturated heterocycles. The molecule has 0 aliphatic rings. The van der Waals surface area contributed by atoms with E-state index in [1.807, 2.05) is 34.3 Å². The van der Waals surface area contributed by atoms with Crippen LogP contribution >= 0.6 is 11.3 Å². The highest BCUT2D eigenvalue weighted by atomic mass is 32.1. The van der Waals surface area contributed by atoms with Gasteiger partial charge in [-0.15, -0.1) is 11.3 Å². The van der Waals surface area contributed by atoms with Crippen LogP contribution in [0.2, 0.25) is 0 Å². The largest absolute Gasteiger partial charge is 0.451 e. The zero-order valence-corrected chi connectivity index (χ0v) is 16.0. The number of rotatable bonds is 8. The van der Waals surface area contributed by atoms with Gasteiger partial charge in [0.05, 0.1) is 5.69 Å². The van der Waals surface area contributed by atoms with Gasteiger partial charge in [0, 0.05) is 30.5 Å².